The number of methoxy groups -OCH3 is 1. The molecule has 0 bridgehead atoms. The van der Waals surface area contributed by atoms with Gasteiger partial charge in [-0.1, -0.05) is 25.1 Å². The molecule has 5 aromatic rings. The molecule has 1 unspecified atom stereocenters. The summed E-state index contributed by atoms with van der Waals surface area (Å²) in [4.78, 5) is 32.8. The van der Waals surface area contributed by atoms with Crippen molar-refractivity contribution in [3.63, 3.8) is 0 Å². The van der Waals surface area contributed by atoms with Crippen LogP contribution in [-0.4, -0.2) is 39.9 Å². The monoisotopic (exact) mass is 551 g/mol. The molecule has 1 atom stereocenters. The summed E-state index contributed by atoms with van der Waals surface area (Å²) in [5.74, 6) is -0.835. The third-order valence-electron chi connectivity index (χ3n) is 7.13. The zero-order valence-corrected chi connectivity index (χ0v) is 22.5. The maximum absolute atomic E-state index is 13.1. The van der Waals surface area contributed by atoms with Crippen LogP contribution in [0.3, 0.4) is 0 Å². The number of aromatic nitrogens is 2. The summed E-state index contributed by atoms with van der Waals surface area (Å²) in [6.45, 7) is 2.17. The first kappa shape index (κ1) is 27.2. The van der Waals surface area contributed by atoms with Crippen LogP contribution in [0.2, 0.25) is 0 Å². The normalized spacial score (nSPS) is 11.8. The molecule has 0 spiro atoms. The molecule has 0 aliphatic rings. The van der Waals surface area contributed by atoms with E-state index in [0.717, 1.165) is 22.0 Å². The van der Waals surface area contributed by atoms with Gasteiger partial charge in [-0.2, -0.15) is 0 Å². The van der Waals surface area contributed by atoms with Crippen LogP contribution in [0.25, 0.3) is 22.0 Å². The lowest BCUT2D eigenvalue weighted by Crippen LogP contribution is -2.23. The third kappa shape index (κ3) is 5.40. The number of oxazole rings is 1. The number of amidine groups is 1. The summed E-state index contributed by atoms with van der Waals surface area (Å²) in [6.07, 6.45) is 5.56. The molecular formula is C31H29N5O5. The van der Waals surface area contributed by atoms with Gasteiger partial charge in [0, 0.05) is 34.1 Å². The van der Waals surface area contributed by atoms with E-state index in [0.29, 0.717) is 40.3 Å². The minimum atomic E-state index is -1.11. The van der Waals surface area contributed by atoms with Crippen molar-refractivity contribution in [2.75, 3.05) is 7.11 Å². The zero-order chi connectivity index (χ0) is 29.1. The van der Waals surface area contributed by atoms with Crippen molar-refractivity contribution in [2.24, 2.45) is 5.73 Å². The van der Waals surface area contributed by atoms with E-state index in [1.165, 1.54) is 25.6 Å². The van der Waals surface area contributed by atoms with Crippen molar-refractivity contribution in [1.82, 2.24) is 15.3 Å². The van der Waals surface area contributed by atoms with Crippen molar-refractivity contribution in [3.8, 4) is 16.9 Å². The lowest BCUT2D eigenvalue weighted by molar-refractivity contribution is 0.0697. The zero-order valence-electron chi connectivity index (χ0n) is 22.5. The highest BCUT2D eigenvalue weighted by molar-refractivity contribution is 6.01. The van der Waals surface area contributed by atoms with Crippen LogP contribution in [0.15, 0.2) is 77.7 Å². The largest absolute Gasteiger partial charge is 0.497 e. The van der Waals surface area contributed by atoms with Gasteiger partial charge in [-0.25, -0.2) is 9.78 Å². The van der Waals surface area contributed by atoms with Gasteiger partial charge in [-0.15, -0.1) is 0 Å². The number of nitrogens with two attached hydrogens (primary N) is 1. The Morgan fingerprint density at radius 3 is 2.59 bits per heavy atom. The minimum absolute atomic E-state index is 0.0187. The van der Waals surface area contributed by atoms with Crippen LogP contribution in [0.5, 0.6) is 5.75 Å². The first-order valence-electron chi connectivity index (χ1n) is 13.0. The van der Waals surface area contributed by atoms with E-state index < -0.39 is 5.97 Å². The fourth-order valence-corrected chi connectivity index (χ4v) is 5.11. The van der Waals surface area contributed by atoms with E-state index in [1.54, 1.807) is 24.3 Å². The summed E-state index contributed by atoms with van der Waals surface area (Å²) in [6, 6.07) is 15.8. The molecule has 0 saturated heterocycles. The fraction of sp³-hybridized carbons (Fsp3) is 0.161. The van der Waals surface area contributed by atoms with Gasteiger partial charge in [0.1, 0.15) is 17.8 Å². The Hall–Kier alpha value is -5.38. The molecule has 0 radical (unpaired) electrons. The highest BCUT2D eigenvalue weighted by Crippen LogP contribution is 2.40. The molecule has 2 heterocycles. The molecular weight excluding hydrogens is 522 g/mol. The smallest absolute Gasteiger partial charge is 0.336 e. The lowest BCUT2D eigenvalue weighted by Gasteiger charge is -2.21. The van der Waals surface area contributed by atoms with Crippen molar-refractivity contribution < 1.29 is 23.8 Å². The topological polar surface area (TPSA) is 167 Å². The second kappa shape index (κ2) is 11.4. The number of ether oxygens (including phenoxy) is 1. The van der Waals surface area contributed by atoms with E-state index >= 15 is 0 Å². The van der Waals surface area contributed by atoms with E-state index in [4.69, 9.17) is 20.3 Å². The maximum atomic E-state index is 13.1. The molecule has 0 aliphatic carbocycles. The predicted octanol–water partition coefficient (Wildman–Crippen LogP) is 5.29. The average Bonchev–Trinajstić information content (AvgIpc) is 3.66. The molecule has 2 aromatic heterocycles. The standard InChI is InChI=1S/C31H29N5O5/c1-3-20(26-15-35-27-13-17(29(32)33)4-8-23(26)27)21-7-5-18(30(37)36-16-28-34-10-11-41-28)12-24(21)22-9-6-19(40-2)14-25(22)31(38)39/h4-15,20,35H,3,16H2,1-2H3,(H3,32,33)(H,36,37)(H,38,39). The van der Waals surface area contributed by atoms with Crippen LogP contribution >= 0.6 is 0 Å². The Bertz CT molecular complexity index is 1760. The lowest BCUT2D eigenvalue weighted by atomic mass is 9.82. The molecule has 0 saturated carbocycles. The molecule has 0 aliphatic heterocycles. The van der Waals surface area contributed by atoms with Gasteiger partial charge in [0.15, 0.2) is 0 Å². The number of benzene rings is 3. The Balaban J connectivity index is 1.65. The van der Waals surface area contributed by atoms with Crippen molar-refractivity contribution in [2.45, 2.75) is 25.8 Å². The second-order valence-corrected chi connectivity index (χ2v) is 9.51. The summed E-state index contributed by atoms with van der Waals surface area (Å²) >= 11 is 0. The summed E-state index contributed by atoms with van der Waals surface area (Å²) in [5.41, 5.74) is 10.5. The van der Waals surface area contributed by atoms with Crippen LogP contribution in [-0.2, 0) is 6.54 Å². The van der Waals surface area contributed by atoms with Gasteiger partial charge in [0.05, 0.1) is 25.4 Å². The molecule has 10 nitrogen and oxygen atoms in total. The predicted molar refractivity (Wildman–Crippen MR) is 155 cm³/mol. The molecule has 0 fully saturated rings. The first-order valence-corrected chi connectivity index (χ1v) is 13.0. The van der Waals surface area contributed by atoms with E-state index in [2.05, 4.69) is 22.2 Å². The van der Waals surface area contributed by atoms with Gasteiger partial charge in [0.25, 0.3) is 5.91 Å². The van der Waals surface area contributed by atoms with Crippen LogP contribution < -0.4 is 15.8 Å². The number of amides is 1. The number of nitrogens with zero attached hydrogens (tertiary/aromatic N) is 1. The van der Waals surface area contributed by atoms with E-state index in [-0.39, 0.29) is 29.8 Å². The number of rotatable bonds is 10. The van der Waals surface area contributed by atoms with E-state index in [9.17, 15) is 14.7 Å². The molecule has 10 heteroatoms. The summed E-state index contributed by atoms with van der Waals surface area (Å²) < 4.78 is 10.5. The molecule has 6 N–H and O–H groups in total. The Morgan fingerprint density at radius 2 is 1.90 bits per heavy atom. The minimum Gasteiger partial charge on any atom is -0.497 e. The number of hydrogen-bond donors (Lipinski definition) is 5. The van der Waals surface area contributed by atoms with Gasteiger partial charge >= 0.3 is 5.97 Å². The first-order chi connectivity index (χ1) is 19.8. The fourth-order valence-electron chi connectivity index (χ4n) is 5.11. The number of aromatic carboxylic acids is 1. The van der Waals surface area contributed by atoms with Gasteiger partial charge < -0.3 is 30.3 Å². The Kier molecular flexibility index (Phi) is 7.55. The highest BCUT2D eigenvalue weighted by Gasteiger charge is 2.24. The SMILES string of the molecule is CCC(c1ccc(C(=O)NCc2ncco2)cc1-c1ccc(OC)cc1C(=O)O)c1c[nH]c2cc(C(=N)N)ccc12. The van der Waals surface area contributed by atoms with Crippen molar-refractivity contribution in [3.05, 3.63) is 107 Å². The maximum Gasteiger partial charge on any atom is 0.336 e. The number of H-pyrrole nitrogens is 1. The molecule has 3 aromatic carbocycles. The number of aromatic amines is 1. The van der Waals surface area contributed by atoms with Gasteiger partial charge in [-0.05, 0) is 65.1 Å². The van der Waals surface area contributed by atoms with Crippen molar-refractivity contribution >= 4 is 28.6 Å². The van der Waals surface area contributed by atoms with Crippen LogP contribution in [0, 0.1) is 5.41 Å². The number of fused-ring (bicyclic) bond motifs is 1. The van der Waals surface area contributed by atoms with Crippen LogP contribution in [0.1, 0.15) is 62.6 Å². The van der Waals surface area contributed by atoms with Crippen molar-refractivity contribution in [1.29, 1.82) is 5.41 Å². The number of nitrogens with one attached hydrogen (secondary N) is 3. The van der Waals surface area contributed by atoms with Gasteiger partial charge in [-0.3, -0.25) is 10.2 Å². The second-order valence-electron chi connectivity index (χ2n) is 9.51. The molecule has 1 amide bonds. The van der Waals surface area contributed by atoms with E-state index in [1.807, 2.05) is 30.5 Å². The molecule has 41 heavy (non-hydrogen) atoms. The number of carbonyl (C=O) groups is 2. The average molecular weight is 552 g/mol. The Labute approximate surface area is 235 Å². The molecule has 208 valence electrons. The van der Waals surface area contributed by atoms with Crippen LogP contribution in [0.4, 0.5) is 0 Å². The number of hydrogen-bond acceptors (Lipinski definition) is 6. The summed E-state index contributed by atoms with van der Waals surface area (Å²) in [7, 11) is 1.48. The van der Waals surface area contributed by atoms with Gasteiger partial charge in [0.2, 0.25) is 5.89 Å². The summed E-state index contributed by atoms with van der Waals surface area (Å²) in [5, 5.41) is 21.7. The quantitative estimate of drug-likeness (QED) is 0.116. The third-order valence-corrected chi connectivity index (χ3v) is 7.13. The highest BCUT2D eigenvalue weighted by atomic mass is 16.5. The number of carbonyl (C=O) groups excluding carboxylic acids is 1. The number of carboxylic acids is 1. The Morgan fingerprint density at radius 1 is 1.10 bits per heavy atom. The number of carboxylic acid groups (broad SMARTS) is 1. The molecule has 5 rings (SSSR count). The number of nitrogen functional groups attached to an aromatic ring is 1.